The topological polar surface area (TPSA) is 78.6 Å². The number of hydrogen-bond donors (Lipinski definition) is 3. The average Bonchev–Trinajstić information content (AvgIpc) is 2.81. The van der Waals surface area contributed by atoms with Crippen LogP contribution >= 0.6 is 0 Å². The minimum atomic E-state index is -0.234. The number of nitrogens with one attached hydrogen (secondary N) is 1. The van der Waals surface area contributed by atoms with Crippen LogP contribution in [0.25, 0.3) is 0 Å². The zero-order valence-corrected chi connectivity index (χ0v) is 17.6. The Morgan fingerprint density at radius 2 is 1.48 bits per heavy atom. The van der Waals surface area contributed by atoms with Crippen molar-refractivity contribution in [2.24, 2.45) is 11.7 Å². The summed E-state index contributed by atoms with van der Waals surface area (Å²) in [6.45, 7) is 15.7. The summed E-state index contributed by atoms with van der Waals surface area (Å²) >= 11 is 0. The maximum Gasteiger partial charge on any atom is 0.239 e. The van der Waals surface area contributed by atoms with Crippen LogP contribution in [0.1, 0.15) is 80.6 Å². The second-order valence-corrected chi connectivity index (χ2v) is 8.58. The van der Waals surface area contributed by atoms with Crippen LogP contribution in [0, 0.1) is 5.92 Å². The Morgan fingerprint density at radius 3 is 1.76 bits per heavy atom. The standard InChI is InChI=1S/C9H19NO.C7H14N2O.C4H10/c1-7(2)10-8-3-5-9(11)6-4-8;1-5(2)9-4-3-6(8)7(9)10;1-4(2)3/h7-11H,3-6H2,1-2H3;5-6H,3-4,8H2,1-2H3;4H,1-3H3. The van der Waals surface area contributed by atoms with E-state index in [1.54, 1.807) is 0 Å². The molecule has 0 aromatic carbocycles. The zero-order chi connectivity index (χ0) is 19.6. The molecule has 0 radical (unpaired) electrons. The third-order valence-electron chi connectivity index (χ3n) is 4.17. The first-order valence-electron chi connectivity index (χ1n) is 10.0. The first-order valence-corrected chi connectivity index (χ1v) is 10.0. The predicted molar refractivity (Wildman–Crippen MR) is 106 cm³/mol. The molecule has 2 fully saturated rings. The van der Waals surface area contributed by atoms with Crippen molar-refractivity contribution in [3.05, 3.63) is 0 Å². The van der Waals surface area contributed by atoms with Gasteiger partial charge in [0.05, 0.1) is 12.1 Å². The van der Waals surface area contributed by atoms with Gasteiger partial charge in [-0.25, -0.2) is 0 Å². The summed E-state index contributed by atoms with van der Waals surface area (Å²) in [6.07, 6.45) is 5.02. The van der Waals surface area contributed by atoms with Crippen molar-refractivity contribution in [3.63, 3.8) is 0 Å². The molecular formula is C20H43N3O2. The van der Waals surface area contributed by atoms with E-state index in [2.05, 4.69) is 39.9 Å². The molecule has 1 amide bonds. The Morgan fingerprint density at radius 1 is 1.00 bits per heavy atom. The van der Waals surface area contributed by atoms with E-state index in [9.17, 15) is 9.90 Å². The molecule has 1 heterocycles. The third-order valence-corrected chi connectivity index (χ3v) is 4.17. The Bertz CT molecular complexity index is 348. The summed E-state index contributed by atoms with van der Waals surface area (Å²) in [5, 5.41) is 12.7. The Hall–Kier alpha value is -0.650. The molecule has 0 spiro atoms. The molecule has 150 valence electrons. The first kappa shape index (κ1) is 24.4. The minimum absolute atomic E-state index is 0.0276. The van der Waals surface area contributed by atoms with Gasteiger partial charge in [-0.2, -0.15) is 0 Å². The number of nitrogens with zero attached hydrogens (tertiary/aromatic N) is 1. The zero-order valence-electron chi connectivity index (χ0n) is 17.6. The van der Waals surface area contributed by atoms with Crippen LogP contribution in [0.3, 0.4) is 0 Å². The largest absolute Gasteiger partial charge is 0.393 e. The highest BCUT2D eigenvalue weighted by atomic mass is 16.3. The highest BCUT2D eigenvalue weighted by molar-refractivity contribution is 5.83. The number of carbonyl (C=O) groups excluding carboxylic acids is 1. The van der Waals surface area contributed by atoms with Gasteiger partial charge in [0.15, 0.2) is 0 Å². The average molecular weight is 358 g/mol. The molecule has 0 aromatic rings. The van der Waals surface area contributed by atoms with Crippen LogP contribution < -0.4 is 11.1 Å². The maximum absolute atomic E-state index is 11.1. The van der Waals surface area contributed by atoms with Crippen molar-refractivity contribution in [2.45, 2.75) is 111 Å². The van der Waals surface area contributed by atoms with Crippen LogP contribution in [0.15, 0.2) is 0 Å². The number of aliphatic hydroxyl groups is 1. The van der Waals surface area contributed by atoms with Crippen LogP contribution in [-0.4, -0.2) is 52.7 Å². The van der Waals surface area contributed by atoms with E-state index >= 15 is 0 Å². The molecule has 1 aliphatic carbocycles. The second kappa shape index (κ2) is 12.7. The van der Waals surface area contributed by atoms with Gasteiger partial charge in [0.1, 0.15) is 0 Å². The number of hydrogen-bond acceptors (Lipinski definition) is 4. The lowest BCUT2D eigenvalue weighted by Crippen LogP contribution is -2.38. The van der Waals surface area contributed by atoms with Gasteiger partial charge < -0.3 is 21.1 Å². The summed E-state index contributed by atoms with van der Waals surface area (Å²) in [7, 11) is 0. The van der Waals surface area contributed by atoms with Crippen LogP contribution in [-0.2, 0) is 4.79 Å². The highest BCUT2D eigenvalue weighted by Crippen LogP contribution is 2.18. The maximum atomic E-state index is 11.1. The van der Waals surface area contributed by atoms with E-state index in [0.717, 1.165) is 44.6 Å². The van der Waals surface area contributed by atoms with Crippen molar-refractivity contribution in [2.75, 3.05) is 6.54 Å². The molecular weight excluding hydrogens is 314 g/mol. The van der Waals surface area contributed by atoms with Gasteiger partial charge in [0.25, 0.3) is 0 Å². The lowest BCUT2D eigenvalue weighted by Gasteiger charge is -2.27. The number of aliphatic hydroxyl groups excluding tert-OH is 1. The van der Waals surface area contributed by atoms with Gasteiger partial charge in [0.2, 0.25) is 5.91 Å². The summed E-state index contributed by atoms with van der Waals surface area (Å²) in [4.78, 5) is 13.0. The Kier molecular flexibility index (Phi) is 12.3. The van der Waals surface area contributed by atoms with E-state index in [1.165, 1.54) is 0 Å². The van der Waals surface area contributed by atoms with E-state index in [0.29, 0.717) is 18.1 Å². The molecule has 1 unspecified atom stereocenters. The summed E-state index contributed by atoms with van der Waals surface area (Å²) in [5.41, 5.74) is 5.52. The monoisotopic (exact) mass is 357 g/mol. The molecule has 2 aliphatic rings. The van der Waals surface area contributed by atoms with Crippen LogP contribution in [0.5, 0.6) is 0 Å². The summed E-state index contributed by atoms with van der Waals surface area (Å²) in [5.74, 6) is 0.940. The number of carbonyl (C=O) groups is 1. The Balaban J connectivity index is 0.000000383. The SMILES string of the molecule is CC(C)C.CC(C)N1CCC(N)C1=O.CC(C)NC1CCC(O)CC1. The number of nitrogens with two attached hydrogens (primary N) is 1. The van der Waals surface area contributed by atoms with Crippen molar-refractivity contribution in [1.29, 1.82) is 0 Å². The van der Waals surface area contributed by atoms with Gasteiger partial charge in [0, 0.05) is 24.7 Å². The predicted octanol–water partition coefficient (Wildman–Crippen LogP) is 2.90. The fourth-order valence-electron chi connectivity index (χ4n) is 2.95. The molecule has 5 nitrogen and oxygen atoms in total. The molecule has 5 heteroatoms. The first-order chi connectivity index (χ1) is 11.5. The fraction of sp³-hybridized carbons (Fsp3) is 0.950. The quantitative estimate of drug-likeness (QED) is 0.726. The highest BCUT2D eigenvalue weighted by Gasteiger charge is 2.29. The molecule has 2 rings (SSSR count). The lowest BCUT2D eigenvalue weighted by atomic mass is 9.93. The number of rotatable bonds is 3. The van der Waals surface area contributed by atoms with E-state index in [1.807, 2.05) is 18.7 Å². The third kappa shape index (κ3) is 11.6. The molecule has 25 heavy (non-hydrogen) atoms. The fourth-order valence-corrected chi connectivity index (χ4v) is 2.95. The smallest absolute Gasteiger partial charge is 0.239 e. The van der Waals surface area contributed by atoms with Crippen LogP contribution in [0.2, 0.25) is 0 Å². The van der Waals surface area contributed by atoms with Crippen LogP contribution in [0.4, 0.5) is 0 Å². The molecule has 0 aromatic heterocycles. The summed E-state index contributed by atoms with van der Waals surface area (Å²) < 4.78 is 0. The van der Waals surface area contributed by atoms with Crippen molar-refractivity contribution in [1.82, 2.24) is 10.2 Å². The van der Waals surface area contributed by atoms with Crippen molar-refractivity contribution >= 4 is 5.91 Å². The molecule has 1 atom stereocenters. The molecule has 1 saturated carbocycles. The van der Waals surface area contributed by atoms with E-state index in [-0.39, 0.29) is 18.1 Å². The van der Waals surface area contributed by atoms with Gasteiger partial charge in [-0.1, -0.05) is 34.6 Å². The minimum Gasteiger partial charge on any atom is -0.393 e. The van der Waals surface area contributed by atoms with Gasteiger partial charge in [-0.15, -0.1) is 0 Å². The van der Waals surface area contributed by atoms with Crippen molar-refractivity contribution in [3.8, 4) is 0 Å². The molecule has 1 aliphatic heterocycles. The van der Waals surface area contributed by atoms with Gasteiger partial charge in [-0.3, -0.25) is 4.79 Å². The lowest BCUT2D eigenvalue weighted by molar-refractivity contribution is -0.130. The van der Waals surface area contributed by atoms with Gasteiger partial charge >= 0.3 is 0 Å². The van der Waals surface area contributed by atoms with E-state index < -0.39 is 0 Å². The second-order valence-electron chi connectivity index (χ2n) is 8.58. The van der Waals surface area contributed by atoms with Crippen molar-refractivity contribution < 1.29 is 9.90 Å². The van der Waals surface area contributed by atoms with E-state index in [4.69, 9.17) is 5.73 Å². The number of likely N-dealkylation sites (tertiary alicyclic amines) is 1. The normalized spacial score (nSPS) is 26.5. The van der Waals surface area contributed by atoms with Gasteiger partial charge in [-0.05, 0) is 51.9 Å². The molecule has 0 bridgehead atoms. The number of amides is 1. The summed E-state index contributed by atoms with van der Waals surface area (Å²) in [6, 6.07) is 1.30. The molecule has 1 saturated heterocycles. The Labute approximate surface area is 155 Å². The molecule has 4 N–H and O–H groups in total.